The van der Waals surface area contributed by atoms with Gasteiger partial charge in [0, 0.05) is 0 Å². The van der Waals surface area contributed by atoms with Gasteiger partial charge in [0.05, 0.1) is 12.1 Å². The molecule has 0 aromatic carbocycles. The standard InChI is InChI=1S/C8H16N2O2.C2H6/c1-5(7(3)11)10-8(12)6(2)9-4;1-2/h5-6,9,11H,3H2,1-2,4H3,(H,10,12);1-2H3/t5-,6?;/m0./s1. The first-order valence-electron chi connectivity index (χ1n) is 4.84. The van der Waals surface area contributed by atoms with Gasteiger partial charge in [0.25, 0.3) is 0 Å². The van der Waals surface area contributed by atoms with E-state index in [1.165, 1.54) is 0 Å². The van der Waals surface area contributed by atoms with E-state index in [1.807, 2.05) is 13.8 Å². The Morgan fingerprint density at radius 1 is 1.29 bits per heavy atom. The summed E-state index contributed by atoms with van der Waals surface area (Å²) >= 11 is 0. The first-order chi connectivity index (χ1) is 6.49. The zero-order valence-corrected chi connectivity index (χ0v) is 9.72. The molecule has 1 amide bonds. The third-order valence-corrected chi connectivity index (χ3v) is 1.68. The maximum absolute atomic E-state index is 11.2. The van der Waals surface area contributed by atoms with E-state index in [0.29, 0.717) is 0 Å². The number of likely N-dealkylation sites (N-methyl/N-ethyl adjacent to an activating group) is 1. The molecule has 0 aromatic heterocycles. The van der Waals surface area contributed by atoms with Gasteiger partial charge in [-0.15, -0.1) is 0 Å². The molecule has 0 bridgehead atoms. The predicted octanol–water partition coefficient (Wildman–Crippen LogP) is 1.20. The fourth-order valence-corrected chi connectivity index (χ4v) is 0.553. The van der Waals surface area contributed by atoms with Crippen LogP contribution in [0, 0.1) is 0 Å². The number of hydrogen-bond acceptors (Lipinski definition) is 3. The zero-order valence-electron chi connectivity index (χ0n) is 9.72. The van der Waals surface area contributed by atoms with Crippen LogP contribution in [0.3, 0.4) is 0 Å². The monoisotopic (exact) mass is 202 g/mol. The van der Waals surface area contributed by atoms with Crippen LogP contribution in [0.15, 0.2) is 12.3 Å². The highest BCUT2D eigenvalue weighted by Gasteiger charge is 2.13. The van der Waals surface area contributed by atoms with E-state index < -0.39 is 6.04 Å². The number of rotatable bonds is 4. The molecule has 0 saturated carbocycles. The molecule has 3 N–H and O–H groups in total. The lowest BCUT2D eigenvalue weighted by Gasteiger charge is -2.15. The quantitative estimate of drug-likeness (QED) is 0.600. The lowest BCUT2D eigenvalue weighted by atomic mass is 10.2. The third-order valence-electron chi connectivity index (χ3n) is 1.68. The van der Waals surface area contributed by atoms with E-state index in [4.69, 9.17) is 5.11 Å². The van der Waals surface area contributed by atoms with Gasteiger partial charge in [-0.1, -0.05) is 20.4 Å². The van der Waals surface area contributed by atoms with Crippen LogP contribution in [0.25, 0.3) is 0 Å². The highest BCUT2D eigenvalue weighted by atomic mass is 16.3. The summed E-state index contributed by atoms with van der Waals surface area (Å²) < 4.78 is 0. The van der Waals surface area contributed by atoms with Crippen LogP contribution in [0.2, 0.25) is 0 Å². The first-order valence-corrected chi connectivity index (χ1v) is 4.84. The summed E-state index contributed by atoms with van der Waals surface area (Å²) in [7, 11) is 1.70. The molecule has 0 spiro atoms. The van der Waals surface area contributed by atoms with Crippen molar-refractivity contribution in [2.75, 3.05) is 7.05 Å². The molecule has 14 heavy (non-hydrogen) atoms. The van der Waals surface area contributed by atoms with Crippen LogP contribution in [0.5, 0.6) is 0 Å². The summed E-state index contributed by atoms with van der Waals surface area (Å²) in [6, 6.07) is -0.653. The van der Waals surface area contributed by atoms with Gasteiger partial charge in [0.2, 0.25) is 5.91 Å². The number of hydrogen-bond donors (Lipinski definition) is 3. The molecular formula is C10H22N2O2. The Balaban J connectivity index is 0. The molecule has 2 atom stereocenters. The predicted molar refractivity (Wildman–Crippen MR) is 59.2 cm³/mol. The van der Waals surface area contributed by atoms with Crippen molar-refractivity contribution in [3.63, 3.8) is 0 Å². The van der Waals surface area contributed by atoms with Crippen LogP contribution in [0.1, 0.15) is 27.7 Å². The Labute approximate surface area is 86.4 Å². The lowest BCUT2D eigenvalue weighted by Crippen LogP contribution is -2.44. The second kappa shape index (κ2) is 8.56. The molecule has 0 radical (unpaired) electrons. The molecule has 0 saturated heterocycles. The summed E-state index contributed by atoms with van der Waals surface area (Å²) in [6.07, 6.45) is 0. The number of carbonyl (C=O) groups excluding carboxylic acids is 1. The van der Waals surface area contributed by atoms with Crippen molar-refractivity contribution >= 4 is 5.91 Å². The van der Waals surface area contributed by atoms with Gasteiger partial charge in [-0.25, -0.2) is 0 Å². The number of nitrogens with one attached hydrogen (secondary N) is 2. The number of aliphatic hydroxyl groups excluding tert-OH is 1. The van der Waals surface area contributed by atoms with Crippen LogP contribution in [0.4, 0.5) is 0 Å². The Kier molecular flexibility index (Phi) is 9.45. The molecule has 1 unspecified atom stereocenters. The highest BCUT2D eigenvalue weighted by Crippen LogP contribution is 1.93. The average molecular weight is 202 g/mol. The lowest BCUT2D eigenvalue weighted by molar-refractivity contribution is -0.123. The van der Waals surface area contributed by atoms with Gasteiger partial charge < -0.3 is 15.7 Å². The normalized spacial score (nSPS) is 13.2. The average Bonchev–Trinajstić information content (AvgIpc) is 2.19. The largest absolute Gasteiger partial charge is 0.511 e. The van der Waals surface area contributed by atoms with Gasteiger partial charge in [-0.3, -0.25) is 4.79 Å². The number of aliphatic hydroxyl groups is 1. The Bertz CT molecular complexity index is 181. The van der Waals surface area contributed by atoms with Crippen molar-refractivity contribution in [3.8, 4) is 0 Å². The Morgan fingerprint density at radius 3 is 2.00 bits per heavy atom. The highest BCUT2D eigenvalue weighted by molar-refractivity contribution is 5.81. The summed E-state index contributed by atoms with van der Waals surface area (Å²) in [6.45, 7) is 10.7. The van der Waals surface area contributed by atoms with Crippen molar-refractivity contribution in [2.45, 2.75) is 39.8 Å². The molecule has 0 aliphatic rings. The van der Waals surface area contributed by atoms with Crippen LogP contribution in [-0.2, 0) is 4.79 Å². The maximum atomic E-state index is 11.2. The number of amides is 1. The second-order valence-electron chi connectivity index (χ2n) is 2.73. The van der Waals surface area contributed by atoms with Crippen molar-refractivity contribution < 1.29 is 9.90 Å². The minimum Gasteiger partial charge on any atom is -0.511 e. The molecule has 0 aromatic rings. The topological polar surface area (TPSA) is 61.4 Å². The van der Waals surface area contributed by atoms with Crippen LogP contribution >= 0.6 is 0 Å². The van der Waals surface area contributed by atoms with Crippen LogP contribution < -0.4 is 10.6 Å². The second-order valence-corrected chi connectivity index (χ2v) is 2.73. The molecule has 0 heterocycles. The molecule has 0 rings (SSSR count). The third kappa shape index (κ3) is 6.48. The summed E-state index contributed by atoms with van der Waals surface area (Å²) in [5, 5.41) is 14.3. The molecule has 0 aliphatic carbocycles. The number of carbonyl (C=O) groups is 1. The van der Waals surface area contributed by atoms with E-state index in [-0.39, 0.29) is 17.7 Å². The Morgan fingerprint density at radius 2 is 1.71 bits per heavy atom. The smallest absolute Gasteiger partial charge is 0.237 e. The zero-order chi connectivity index (χ0) is 11.7. The van der Waals surface area contributed by atoms with Crippen molar-refractivity contribution in [3.05, 3.63) is 12.3 Å². The SMILES string of the molecule is C=C(O)[C@H](C)NC(=O)C(C)NC.CC. The molecule has 0 fully saturated rings. The molecule has 0 aliphatic heterocycles. The van der Waals surface area contributed by atoms with Crippen molar-refractivity contribution in [1.82, 2.24) is 10.6 Å². The van der Waals surface area contributed by atoms with E-state index in [9.17, 15) is 4.79 Å². The molecule has 4 heteroatoms. The van der Waals surface area contributed by atoms with E-state index >= 15 is 0 Å². The van der Waals surface area contributed by atoms with E-state index in [1.54, 1.807) is 20.9 Å². The summed E-state index contributed by atoms with van der Waals surface area (Å²) in [5.74, 6) is -0.188. The Hall–Kier alpha value is -1.03. The van der Waals surface area contributed by atoms with E-state index in [2.05, 4.69) is 17.2 Å². The minimum atomic E-state index is -0.395. The van der Waals surface area contributed by atoms with Gasteiger partial charge in [-0.05, 0) is 20.9 Å². The van der Waals surface area contributed by atoms with Crippen LogP contribution in [-0.4, -0.2) is 30.1 Å². The van der Waals surface area contributed by atoms with Crippen molar-refractivity contribution in [2.24, 2.45) is 0 Å². The van der Waals surface area contributed by atoms with Gasteiger partial charge in [0.15, 0.2) is 0 Å². The van der Waals surface area contributed by atoms with Gasteiger partial charge in [-0.2, -0.15) is 0 Å². The fraction of sp³-hybridized carbons (Fsp3) is 0.700. The molecule has 4 nitrogen and oxygen atoms in total. The van der Waals surface area contributed by atoms with Gasteiger partial charge in [0.1, 0.15) is 5.76 Å². The molecular weight excluding hydrogens is 180 g/mol. The summed E-state index contributed by atoms with van der Waals surface area (Å²) in [4.78, 5) is 11.2. The van der Waals surface area contributed by atoms with E-state index in [0.717, 1.165) is 0 Å². The maximum Gasteiger partial charge on any atom is 0.237 e. The summed E-state index contributed by atoms with van der Waals surface area (Å²) in [5.41, 5.74) is 0. The fourth-order valence-electron chi connectivity index (χ4n) is 0.553. The first kappa shape index (κ1) is 15.4. The molecule has 84 valence electrons. The minimum absolute atomic E-state index is 0.0355. The van der Waals surface area contributed by atoms with Crippen molar-refractivity contribution in [1.29, 1.82) is 0 Å². The van der Waals surface area contributed by atoms with Gasteiger partial charge >= 0.3 is 0 Å².